The van der Waals surface area contributed by atoms with Crippen LogP contribution >= 0.6 is 0 Å². The highest BCUT2D eigenvalue weighted by atomic mass is 19.2. The number of fused-ring (bicyclic) bond motifs is 1. The van der Waals surface area contributed by atoms with Crippen molar-refractivity contribution in [3.05, 3.63) is 125 Å². The van der Waals surface area contributed by atoms with Crippen molar-refractivity contribution in [3.8, 4) is 17.6 Å². The minimum absolute atomic E-state index is 0.148. The van der Waals surface area contributed by atoms with E-state index in [1.165, 1.54) is 24.3 Å². The van der Waals surface area contributed by atoms with Gasteiger partial charge in [0.05, 0.1) is 5.56 Å². The molecule has 0 aromatic heterocycles. The van der Waals surface area contributed by atoms with Crippen LogP contribution in [0.15, 0.2) is 84.9 Å². The second kappa shape index (κ2) is 10.9. The lowest BCUT2D eigenvalue weighted by Crippen LogP contribution is -2.07. The van der Waals surface area contributed by atoms with Gasteiger partial charge < -0.3 is 4.74 Å². The molecule has 5 heteroatoms. The molecule has 1 atom stereocenters. The first-order valence-electron chi connectivity index (χ1n) is 11.1. The fourth-order valence-corrected chi connectivity index (χ4v) is 3.82. The van der Waals surface area contributed by atoms with E-state index in [1.807, 2.05) is 19.1 Å². The summed E-state index contributed by atoms with van der Waals surface area (Å²) in [7, 11) is 0. The Labute approximate surface area is 201 Å². The lowest BCUT2D eigenvalue weighted by molar-refractivity contribution is 0.352. The SMILES string of the molecule is C/C=C/COc1ccccc1C(CF)c1ccc(C#Cc2ccc3c(F)c(F)ccc3c2)c(F)c1. The third kappa shape index (κ3) is 5.38. The van der Waals surface area contributed by atoms with Gasteiger partial charge in [0.2, 0.25) is 0 Å². The number of ether oxygens (including phenoxy) is 1. The van der Waals surface area contributed by atoms with Gasteiger partial charge in [-0.2, -0.15) is 0 Å². The van der Waals surface area contributed by atoms with Gasteiger partial charge in [-0.3, -0.25) is 4.39 Å². The van der Waals surface area contributed by atoms with Crippen molar-refractivity contribution in [2.24, 2.45) is 0 Å². The zero-order chi connectivity index (χ0) is 24.8. The molecule has 0 bridgehead atoms. The average Bonchev–Trinajstić information content (AvgIpc) is 2.87. The zero-order valence-corrected chi connectivity index (χ0v) is 19.0. The van der Waals surface area contributed by atoms with E-state index in [9.17, 15) is 17.6 Å². The summed E-state index contributed by atoms with van der Waals surface area (Å²) in [5.41, 5.74) is 1.79. The van der Waals surface area contributed by atoms with Crippen molar-refractivity contribution in [1.29, 1.82) is 0 Å². The Hall–Kier alpha value is -4.04. The van der Waals surface area contributed by atoms with Crippen LogP contribution in [0, 0.1) is 29.3 Å². The number of allylic oxidation sites excluding steroid dienone is 1. The van der Waals surface area contributed by atoms with Crippen LogP contribution in [-0.4, -0.2) is 13.3 Å². The van der Waals surface area contributed by atoms with Gasteiger partial charge in [0, 0.05) is 22.4 Å². The van der Waals surface area contributed by atoms with Crippen LogP contribution in [0.2, 0.25) is 0 Å². The fraction of sp³-hybridized carbons (Fsp3) is 0.133. The molecule has 0 amide bonds. The van der Waals surface area contributed by atoms with Gasteiger partial charge in [-0.15, -0.1) is 0 Å². The van der Waals surface area contributed by atoms with Crippen molar-refractivity contribution >= 4 is 10.8 Å². The van der Waals surface area contributed by atoms with Gasteiger partial charge in [0.1, 0.15) is 24.8 Å². The second-order valence-corrected chi connectivity index (χ2v) is 7.91. The Kier molecular flexibility index (Phi) is 7.52. The van der Waals surface area contributed by atoms with Gasteiger partial charge in [-0.1, -0.05) is 60.4 Å². The zero-order valence-electron chi connectivity index (χ0n) is 19.0. The molecule has 0 N–H and O–H groups in total. The first-order valence-corrected chi connectivity index (χ1v) is 11.1. The summed E-state index contributed by atoms with van der Waals surface area (Å²) in [4.78, 5) is 0. The van der Waals surface area contributed by atoms with Crippen molar-refractivity contribution in [2.45, 2.75) is 12.8 Å². The third-order valence-electron chi connectivity index (χ3n) is 5.66. The van der Waals surface area contributed by atoms with Gasteiger partial charge in [-0.05, 0) is 54.3 Å². The van der Waals surface area contributed by atoms with E-state index in [0.29, 0.717) is 34.4 Å². The summed E-state index contributed by atoms with van der Waals surface area (Å²) in [6, 6.07) is 18.7. The molecule has 0 saturated carbocycles. The lowest BCUT2D eigenvalue weighted by Gasteiger charge is -2.18. The highest BCUT2D eigenvalue weighted by molar-refractivity contribution is 5.84. The Bertz CT molecular complexity index is 1450. The summed E-state index contributed by atoms with van der Waals surface area (Å²) < 4.78 is 62.1. The van der Waals surface area contributed by atoms with Crippen molar-refractivity contribution in [1.82, 2.24) is 0 Å². The maximum atomic E-state index is 14.9. The molecule has 35 heavy (non-hydrogen) atoms. The molecule has 176 valence electrons. The number of hydrogen-bond acceptors (Lipinski definition) is 1. The highest BCUT2D eigenvalue weighted by Gasteiger charge is 2.19. The van der Waals surface area contributed by atoms with E-state index in [-0.39, 0.29) is 10.9 Å². The summed E-state index contributed by atoms with van der Waals surface area (Å²) in [5.74, 6) is 3.07. The summed E-state index contributed by atoms with van der Waals surface area (Å²) in [6.45, 7) is 1.52. The van der Waals surface area contributed by atoms with Crippen molar-refractivity contribution in [2.75, 3.05) is 13.3 Å². The average molecular weight is 474 g/mol. The molecule has 0 aliphatic rings. The van der Waals surface area contributed by atoms with Gasteiger partial charge >= 0.3 is 0 Å². The normalized spacial score (nSPS) is 11.9. The smallest absolute Gasteiger partial charge is 0.166 e. The largest absolute Gasteiger partial charge is 0.489 e. The van der Waals surface area contributed by atoms with Crippen LogP contribution in [0.4, 0.5) is 17.6 Å². The molecule has 0 spiro atoms. The quantitative estimate of drug-likeness (QED) is 0.158. The van der Waals surface area contributed by atoms with E-state index in [4.69, 9.17) is 4.74 Å². The van der Waals surface area contributed by atoms with Crippen LogP contribution in [0.25, 0.3) is 10.8 Å². The Morgan fingerprint density at radius 1 is 0.886 bits per heavy atom. The van der Waals surface area contributed by atoms with Crippen molar-refractivity contribution < 1.29 is 22.3 Å². The minimum Gasteiger partial charge on any atom is -0.489 e. The molecule has 1 nitrogen and oxygen atoms in total. The monoisotopic (exact) mass is 474 g/mol. The maximum Gasteiger partial charge on any atom is 0.166 e. The summed E-state index contributed by atoms with van der Waals surface area (Å²) >= 11 is 0. The van der Waals surface area contributed by atoms with E-state index < -0.39 is 30.0 Å². The Morgan fingerprint density at radius 2 is 1.71 bits per heavy atom. The number of alkyl halides is 1. The molecule has 0 heterocycles. The van der Waals surface area contributed by atoms with Crippen LogP contribution < -0.4 is 4.74 Å². The molecular formula is C30H22F4O. The van der Waals surface area contributed by atoms with Gasteiger partial charge in [0.25, 0.3) is 0 Å². The molecular weight excluding hydrogens is 452 g/mol. The molecule has 1 unspecified atom stereocenters. The van der Waals surface area contributed by atoms with Crippen LogP contribution in [0.3, 0.4) is 0 Å². The molecule has 0 saturated heterocycles. The Morgan fingerprint density at radius 3 is 2.49 bits per heavy atom. The number of benzene rings is 4. The van der Waals surface area contributed by atoms with E-state index >= 15 is 0 Å². The first-order chi connectivity index (χ1) is 17.0. The second-order valence-electron chi connectivity index (χ2n) is 7.91. The topological polar surface area (TPSA) is 9.23 Å². The first kappa shape index (κ1) is 24.1. The van der Waals surface area contributed by atoms with Crippen LogP contribution in [-0.2, 0) is 0 Å². The number of para-hydroxylation sites is 1. The Balaban J connectivity index is 1.61. The predicted octanol–water partition coefficient (Wildman–Crippen LogP) is 7.71. The third-order valence-corrected chi connectivity index (χ3v) is 5.66. The highest BCUT2D eigenvalue weighted by Crippen LogP contribution is 2.33. The van der Waals surface area contributed by atoms with Crippen molar-refractivity contribution in [3.63, 3.8) is 0 Å². The van der Waals surface area contributed by atoms with Crippen LogP contribution in [0.1, 0.15) is 35.1 Å². The summed E-state index contributed by atoms with van der Waals surface area (Å²) in [5, 5.41) is 0.644. The predicted molar refractivity (Wildman–Crippen MR) is 131 cm³/mol. The van der Waals surface area contributed by atoms with E-state index in [2.05, 4.69) is 11.8 Å². The fourth-order valence-electron chi connectivity index (χ4n) is 3.82. The van der Waals surface area contributed by atoms with Gasteiger partial charge in [-0.25, -0.2) is 13.2 Å². The molecule has 0 aliphatic heterocycles. The lowest BCUT2D eigenvalue weighted by atomic mass is 9.91. The molecule has 0 aliphatic carbocycles. The molecule has 0 radical (unpaired) electrons. The molecule has 4 aromatic carbocycles. The standard InChI is InChI=1S/C30H22F4O/c1-2-3-16-35-29-7-5-4-6-25(29)26(19-31)23-12-11-21(28(33)18-23)10-8-20-9-14-24-22(17-20)13-15-27(32)30(24)34/h2-7,9,11-15,17-18,26H,16,19H2,1H3/b3-2+. The molecule has 0 fully saturated rings. The minimum atomic E-state index is -0.919. The maximum absolute atomic E-state index is 14.9. The molecule has 4 aromatic rings. The number of hydrogen-bond donors (Lipinski definition) is 0. The van der Waals surface area contributed by atoms with Gasteiger partial charge in [0.15, 0.2) is 11.6 Å². The van der Waals surface area contributed by atoms with E-state index in [1.54, 1.807) is 42.5 Å². The van der Waals surface area contributed by atoms with Crippen LogP contribution in [0.5, 0.6) is 5.75 Å². The number of halogens is 4. The van der Waals surface area contributed by atoms with E-state index in [0.717, 1.165) is 6.07 Å². The number of rotatable bonds is 6. The molecule has 4 rings (SSSR count). The summed E-state index contributed by atoms with van der Waals surface area (Å²) in [6.07, 6.45) is 3.71.